The Morgan fingerprint density at radius 2 is 2.25 bits per heavy atom. The van der Waals surface area contributed by atoms with Crippen LogP contribution in [0.3, 0.4) is 0 Å². The minimum Gasteiger partial charge on any atom is -0.369 e. The summed E-state index contributed by atoms with van der Waals surface area (Å²) in [6.45, 7) is 5.57. The third-order valence-electron chi connectivity index (χ3n) is 3.57. The minimum absolute atomic E-state index is 0.389. The van der Waals surface area contributed by atoms with Gasteiger partial charge in [0.25, 0.3) is 0 Å². The summed E-state index contributed by atoms with van der Waals surface area (Å²) in [4.78, 5) is 2.49. The maximum Gasteiger partial charge on any atom is 0.0371 e. The van der Waals surface area contributed by atoms with E-state index in [-0.39, 0.29) is 0 Å². The molecular weight excluding hydrogens is 196 g/mol. The number of nitrogens with zero attached hydrogens (tertiary/aromatic N) is 1. The lowest BCUT2D eigenvalue weighted by Crippen LogP contribution is -2.45. The van der Waals surface area contributed by atoms with Crippen LogP contribution in [0.4, 0.5) is 5.69 Å². The number of anilines is 1. The molecule has 0 radical (unpaired) electrons. The average molecular weight is 218 g/mol. The molecule has 0 spiro atoms. The first-order chi connectivity index (χ1) is 7.70. The van der Waals surface area contributed by atoms with E-state index in [9.17, 15) is 0 Å². The zero-order valence-electron chi connectivity index (χ0n) is 10.3. The van der Waals surface area contributed by atoms with Gasteiger partial charge in [0.1, 0.15) is 0 Å². The van der Waals surface area contributed by atoms with Crippen molar-refractivity contribution in [1.82, 2.24) is 0 Å². The van der Waals surface area contributed by atoms with Crippen molar-refractivity contribution in [3.05, 3.63) is 29.8 Å². The van der Waals surface area contributed by atoms with Gasteiger partial charge in [0.15, 0.2) is 0 Å². The molecule has 1 aromatic rings. The van der Waals surface area contributed by atoms with Gasteiger partial charge >= 0.3 is 0 Å². The molecule has 1 saturated heterocycles. The molecular formula is C14H22N2. The zero-order chi connectivity index (χ0) is 11.5. The van der Waals surface area contributed by atoms with E-state index < -0.39 is 0 Å². The van der Waals surface area contributed by atoms with Crippen molar-refractivity contribution in [2.45, 2.75) is 45.2 Å². The second kappa shape index (κ2) is 4.88. The number of hydrogen-bond donors (Lipinski definition) is 1. The lowest BCUT2D eigenvalue weighted by Gasteiger charge is -2.38. The van der Waals surface area contributed by atoms with Crippen LogP contribution in [-0.4, -0.2) is 18.6 Å². The summed E-state index contributed by atoms with van der Waals surface area (Å²) in [6.07, 6.45) is 3.33. The molecule has 2 N–H and O–H groups in total. The highest BCUT2D eigenvalue weighted by Gasteiger charge is 2.23. The molecule has 1 aromatic carbocycles. The van der Waals surface area contributed by atoms with Gasteiger partial charge in [-0.15, -0.1) is 0 Å². The first kappa shape index (κ1) is 11.5. The molecule has 2 heteroatoms. The Morgan fingerprint density at radius 3 is 2.94 bits per heavy atom. The van der Waals surface area contributed by atoms with E-state index in [1.165, 1.54) is 11.3 Å². The summed E-state index contributed by atoms with van der Waals surface area (Å²) in [5.74, 6) is 0. The Hall–Kier alpha value is -1.02. The Kier molecular flexibility index (Phi) is 3.49. The monoisotopic (exact) mass is 218 g/mol. The largest absolute Gasteiger partial charge is 0.369 e. The molecule has 1 heterocycles. The Bertz CT molecular complexity index is 348. The van der Waals surface area contributed by atoms with Gasteiger partial charge in [-0.3, -0.25) is 0 Å². The van der Waals surface area contributed by atoms with Crippen LogP contribution < -0.4 is 10.6 Å². The van der Waals surface area contributed by atoms with Gasteiger partial charge in [-0.1, -0.05) is 19.1 Å². The first-order valence-corrected chi connectivity index (χ1v) is 6.32. The number of piperidine rings is 1. The van der Waals surface area contributed by atoms with Crippen molar-refractivity contribution in [1.29, 1.82) is 0 Å². The molecule has 2 rings (SSSR count). The summed E-state index contributed by atoms with van der Waals surface area (Å²) in [6, 6.07) is 9.84. The molecule has 0 aromatic heterocycles. The highest BCUT2D eigenvalue weighted by Crippen LogP contribution is 2.25. The Balaban J connectivity index is 2.16. The third-order valence-corrected chi connectivity index (χ3v) is 3.57. The predicted octanol–water partition coefficient (Wildman–Crippen LogP) is 2.57. The molecule has 0 amide bonds. The van der Waals surface area contributed by atoms with Crippen LogP contribution in [0.15, 0.2) is 24.3 Å². The van der Waals surface area contributed by atoms with E-state index in [0.29, 0.717) is 12.1 Å². The van der Waals surface area contributed by atoms with E-state index in [0.717, 1.165) is 25.8 Å². The number of benzene rings is 1. The maximum atomic E-state index is 5.99. The molecule has 1 fully saturated rings. The number of nitrogens with two attached hydrogens (primary N) is 1. The van der Waals surface area contributed by atoms with Crippen LogP contribution in [0.2, 0.25) is 0 Å². The van der Waals surface area contributed by atoms with Gasteiger partial charge in [-0.2, -0.15) is 0 Å². The van der Waals surface area contributed by atoms with E-state index in [1.54, 1.807) is 0 Å². The fraction of sp³-hybridized carbons (Fsp3) is 0.571. The average Bonchev–Trinajstić information content (AvgIpc) is 2.29. The lowest BCUT2D eigenvalue weighted by molar-refractivity contribution is 0.430. The molecule has 0 bridgehead atoms. The van der Waals surface area contributed by atoms with Gasteiger partial charge in [0.2, 0.25) is 0 Å². The second-order valence-electron chi connectivity index (χ2n) is 4.85. The van der Waals surface area contributed by atoms with Crippen molar-refractivity contribution in [3.63, 3.8) is 0 Å². The summed E-state index contributed by atoms with van der Waals surface area (Å²) in [7, 11) is 0. The van der Waals surface area contributed by atoms with Crippen LogP contribution >= 0.6 is 0 Å². The Labute approximate surface area is 98.4 Å². The molecule has 2 atom stereocenters. The molecule has 16 heavy (non-hydrogen) atoms. The summed E-state index contributed by atoms with van der Waals surface area (Å²) in [5.41, 5.74) is 8.77. The fourth-order valence-electron chi connectivity index (χ4n) is 2.55. The molecule has 2 unspecified atom stereocenters. The fourth-order valence-corrected chi connectivity index (χ4v) is 2.55. The quantitative estimate of drug-likeness (QED) is 0.826. The standard InChI is InChI=1S/C14H22N2/c1-3-12-5-4-6-14(10-12)16-8-7-13(15)9-11(16)2/h4-6,10-11,13H,3,7-9,15H2,1-2H3. The number of rotatable bonds is 2. The second-order valence-corrected chi connectivity index (χ2v) is 4.85. The lowest BCUT2D eigenvalue weighted by atomic mass is 9.98. The minimum atomic E-state index is 0.389. The topological polar surface area (TPSA) is 29.3 Å². The SMILES string of the molecule is CCc1cccc(N2CCC(N)CC2C)c1. The summed E-state index contributed by atoms with van der Waals surface area (Å²) >= 11 is 0. The van der Waals surface area contributed by atoms with Gasteiger partial charge < -0.3 is 10.6 Å². The van der Waals surface area contributed by atoms with Crippen LogP contribution in [0, 0.1) is 0 Å². The highest BCUT2D eigenvalue weighted by atomic mass is 15.2. The molecule has 0 saturated carbocycles. The van der Waals surface area contributed by atoms with Gasteiger partial charge in [0, 0.05) is 24.3 Å². The van der Waals surface area contributed by atoms with Crippen molar-refractivity contribution in [3.8, 4) is 0 Å². The van der Waals surface area contributed by atoms with Gasteiger partial charge in [-0.05, 0) is 43.9 Å². The van der Waals surface area contributed by atoms with Crippen molar-refractivity contribution < 1.29 is 0 Å². The van der Waals surface area contributed by atoms with Crippen LogP contribution in [0.5, 0.6) is 0 Å². The van der Waals surface area contributed by atoms with Crippen molar-refractivity contribution in [2.75, 3.05) is 11.4 Å². The van der Waals surface area contributed by atoms with Crippen LogP contribution in [-0.2, 0) is 6.42 Å². The van der Waals surface area contributed by atoms with E-state index in [1.807, 2.05) is 0 Å². The summed E-state index contributed by atoms with van der Waals surface area (Å²) in [5, 5.41) is 0. The van der Waals surface area contributed by atoms with Crippen LogP contribution in [0.25, 0.3) is 0 Å². The number of hydrogen-bond acceptors (Lipinski definition) is 2. The molecule has 1 aliphatic rings. The highest BCUT2D eigenvalue weighted by molar-refractivity contribution is 5.50. The van der Waals surface area contributed by atoms with Gasteiger partial charge in [0.05, 0.1) is 0 Å². The molecule has 1 aliphatic heterocycles. The first-order valence-electron chi connectivity index (χ1n) is 6.32. The van der Waals surface area contributed by atoms with Gasteiger partial charge in [-0.25, -0.2) is 0 Å². The smallest absolute Gasteiger partial charge is 0.0371 e. The van der Waals surface area contributed by atoms with Crippen molar-refractivity contribution in [2.24, 2.45) is 5.73 Å². The number of aryl methyl sites for hydroxylation is 1. The molecule has 2 nitrogen and oxygen atoms in total. The molecule has 0 aliphatic carbocycles. The molecule has 88 valence electrons. The predicted molar refractivity (Wildman–Crippen MR) is 69.8 cm³/mol. The van der Waals surface area contributed by atoms with E-state index >= 15 is 0 Å². The van der Waals surface area contributed by atoms with Crippen LogP contribution in [0.1, 0.15) is 32.3 Å². The zero-order valence-corrected chi connectivity index (χ0v) is 10.3. The Morgan fingerprint density at radius 1 is 1.44 bits per heavy atom. The summed E-state index contributed by atoms with van der Waals surface area (Å²) < 4.78 is 0. The van der Waals surface area contributed by atoms with E-state index in [2.05, 4.69) is 43.0 Å². The van der Waals surface area contributed by atoms with E-state index in [4.69, 9.17) is 5.73 Å². The normalized spacial score (nSPS) is 25.8. The van der Waals surface area contributed by atoms with Crippen molar-refractivity contribution >= 4 is 5.69 Å². The third kappa shape index (κ3) is 2.38. The maximum absolute atomic E-state index is 5.99.